The fraction of sp³-hybridized carbons (Fsp3) is 0.321. The Morgan fingerprint density at radius 1 is 1.05 bits per heavy atom. The number of aryl methyl sites for hydroxylation is 2. The average Bonchev–Trinajstić information content (AvgIpc) is 3.27. The van der Waals surface area contributed by atoms with Gasteiger partial charge in [-0.2, -0.15) is 10.2 Å². The van der Waals surface area contributed by atoms with Crippen molar-refractivity contribution in [3.05, 3.63) is 71.7 Å². The first-order chi connectivity index (χ1) is 19.0. The Kier molecular flexibility index (Phi) is 5.82. The maximum Gasteiger partial charge on any atom is 0.186 e. The molecular weight excluding hydrogens is 499 g/mol. The minimum Gasteiger partial charge on any atom is -0.346 e. The molecule has 1 saturated carbocycles. The van der Waals surface area contributed by atoms with E-state index >= 15 is 4.39 Å². The van der Waals surface area contributed by atoms with Crippen LogP contribution in [0.5, 0.6) is 0 Å². The smallest absolute Gasteiger partial charge is 0.186 e. The van der Waals surface area contributed by atoms with Gasteiger partial charge in [-0.1, -0.05) is 0 Å². The van der Waals surface area contributed by atoms with Crippen molar-refractivity contribution in [2.75, 3.05) is 18.5 Å². The van der Waals surface area contributed by atoms with E-state index in [2.05, 4.69) is 26.7 Å². The van der Waals surface area contributed by atoms with Crippen LogP contribution < -0.4 is 5.32 Å². The first kappa shape index (κ1) is 23.9. The molecule has 4 aromatic heterocycles. The van der Waals surface area contributed by atoms with Gasteiger partial charge in [-0.15, -0.1) is 5.10 Å². The summed E-state index contributed by atoms with van der Waals surface area (Å²) in [5.74, 6) is 1.32. The van der Waals surface area contributed by atoms with Crippen molar-refractivity contribution in [2.45, 2.75) is 39.5 Å². The highest BCUT2D eigenvalue weighted by Crippen LogP contribution is 2.36. The monoisotopic (exact) mass is 526 g/mol. The molecule has 1 aliphatic heterocycles. The number of nitrogens with one attached hydrogen (secondary N) is 1. The number of pyridine rings is 1. The van der Waals surface area contributed by atoms with Crippen LogP contribution in [-0.2, 0) is 16.0 Å². The molecule has 10 nitrogen and oxygen atoms in total. The zero-order valence-electron chi connectivity index (χ0n) is 21.6. The molecule has 5 aromatic rings. The Hall–Kier alpha value is -4.22. The molecule has 1 N–H and O–H groups in total. The van der Waals surface area contributed by atoms with Gasteiger partial charge in [0.25, 0.3) is 0 Å². The van der Waals surface area contributed by atoms with Gasteiger partial charge in [0.1, 0.15) is 18.0 Å². The fourth-order valence-corrected chi connectivity index (χ4v) is 4.86. The highest BCUT2D eigenvalue weighted by atomic mass is 19.1. The standard InChI is InChI=1S/C28H27FN8O2/c1-16-3-7-25(34-33-16)31-22-12-23-24(11-21(22)29)37(15-30-23)26-8-6-19(28-38-9-10-39-28)27(32-26)20-14-36(35-17(20)2)13-18-4-5-18/h3,6-8,11-12,14-15,18,28H,4-5,9-10,13H2,1-2H3,(H,31,34). The number of aromatic nitrogens is 7. The largest absolute Gasteiger partial charge is 0.346 e. The molecule has 2 aliphatic rings. The summed E-state index contributed by atoms with van der Waals surface area (Å²) in [6.07, 6.45) is 5.70. The van der Waals surface area contributed by atoms with Crippen LogP contribution in [0.4, 0.5) is 15.9 Å². The summed E-state index contributed by atoms with van der Waals surface area (Å²) < 4.78 is 30.7. The van der Waals surface area contributed by atoms with E-state index in [-0.39, 0.29) is 5.69 Å². The van der Waals surface area contributed by atoms with E-state index in [4.69, 9.17) is 19.6 Å². The second-order valence-corrected chi connectivity index (χ2v) is 10.1. The molecular formula is C28H27FN8O2. The molecule has 0 amide bonds. The number of anilines is 2. The van der Waals surface area contributed by atoms with Crippen LogP contribution in [0.25, 0.3) is 28.1 Å². The summed E-state index contributed by atoms with van der Waals surface area (Å²) in [7, 11) is 0. The molecule has 198 valence electrons. The first-order valence-corrected chi connectivity index (χ1v) is 13.0. The third-order valence-corrected chi connectivity index (χ3v) is 7.07. The summed E-state index contributed by atoms with van der Waals surface area (Å²) in [4.78, 5) is 9.56. The number of hydrogen-bond acceptors (Lipinski definition) is 8. The molecule has 0 unspecified atom stereocenters. The third kappa shape index (κ3) is 4.64. The molecule has 39 heavy (non-hydrogen) atoms. The van der Waals surface area contributed by atoms with E-state index < -0.39 is 12.1 Å². The number of ether oxygens (including phenoxy) is 2. The molecule has 0 radical (unpaired) electrons. The van der Waals surface area contributed by atoms with Gasteiger partial charge in [0.05, 0.1) is 47.0 Å². The van der Waals surface area contributed by atoms with Gasteiger partial charge in [-0.3, -0.25) is 9.25 Å². The van der Waals surface area contributed by atoms with Gasteiger partial charge in [0.2, 0.25) is 0 Å². The number of imidazole rings is 1. The maximum absolute atomic E-state index is 15.2. The zero-order chi connectivity index (χ0) is 26.5. The molecule has 7 rings (SSSR count). The minimum absolute atomic E-state index is 0.268. The van der Waals surface area contributed by atoms with Crippen molar-refractivity contribution in [2.24, 2.45) is 5.92 Å². The quantitative estimate of drug-likeness (QED) is 0.315. The van der Waals surface area contributed by atoms with Gasteiger partial charge in [-0.25, -0.2) is 14.4 Å². The summed E-state index contributed by atoms with van der Waals surface area (Å²) in [5.41, 5.74) is 5.64. The summed E-state index contributed by atoms with van der Waals surface area (Å²) >= 11 is 0. The molecule has 2 fully saturated rings. The lowest BCUT2D eigenvalue weighted by atomic mass is 10.1. The Morgan fingerprint density at radius 3 is 2.67 bits per heavy atom. The van der Waals surface area contributed by atoms with Crippen molar-refractivity contribution in [1.29, 1.82) is 0 Å². The lowest BCUT2D eigenvalue weighted by Crippen LogP contribution is -2.06. The minimum atomic E-state index is -0.497. The Balaban J connectivity index is 1.28. The third-order valence-electron chi connectivity index (χ3n) is 7.07. The van der Waals surface area contributed by atoms with Gasteiger partial charge in [0.15, 0.2) is 12.1 Å². The predicted octanol–water partition coefficient (Wildman–Crippen LogP) is 5.03. The predicted molar refractivity (Wildman–Crippen MR) is 142 cm³/mol. The number of benzene rings is 1. The molecule has 0 bridgehead atoms. The zero-order valence-corrected chi connectivity index (χ0v) is 21.6. The Morgan fingerprint density at radius 2 is 1.90 bits per heavy atom. The number of halogens is 1. The first-order valence-electron chi connectivity index (χ1n) is 13.0. The fourth-order valence-electron chi connectivity index (χ4n) is 4.86. The van der Waals surface area contributed by atoms with Crippen LogP contribution in [0, 0.1) is 25.6 Å². The second-order valence-electron chi connectivity index (χ2n) is 10.1. The molecule has 5 heterocycles. The lowest BCUT2D eigenvalue weighted by Gasteiger charge is -2.15. The number of fused-ring (bicyclic) bond motifs is 1. The van der Waals surface area contributed by atoms with E-state index in [0.29, 0.717) is 41.8 Å². The maximum atomic E-state index is 15.2. The molecule has 1 saturated heterocycles. The molecule has 0 spiro atoms. The van der Waals surface area contributed by atoms with Crippen molar-refractivity contribution >= 4 is 22.5 Å². The summed E-state index contributed by atoms with van der Waals surface area (Å²) in [6, 6.07) is 10.5. The highest BCUT2D eigenvalue weighted by Gasteiger charge is 2.27. The van der Waals surface area contributed by atoms with Gasteiger partial charge in [0, 0.05) is 29.9 Å². The van der Waals surface area contributed by atoms with Crippen LogP contribution in [0.3, 0.4) is 0 Å². The molecule has 1 aromatic carbocycles. The van der Waals surface area contributed by atoms with Crippen LogP contribution in [0.1, 0.15) is 36.1 Å². The van der Waals surface area contributed by atoms with Crippen molar-refractivity contribution in [1.82, 2.24) is 34.5 Å². The lowest BCUT2D eigenvalue weighted by molar-refractivity contribution is -0.0438. The van der Waals surface area contributed by atoms with Crippen LogP contribution in [0.2, 0.25) is 0 Å². The van der Waals surface area contributed by atoms with E-state index in [9.17, 15) is 0 Å². The number of nitrogens with zero attached hydrogens (tertiary/aromatic N) is 7. The second kappa shape index (κ2) is 9.51. The number of hydrogen-bond donors (Lipinski definition) is 1. The van der Waals surface area contributed by atoms with Crippen molar-refractivity contribution in [3.63, 3.8) is 0 Å². The Labute approximate surface area is 223 Å². The van der Waals surface area contributed by atoms with Gasteiger partial charge >= 0.3 is 0 Å². The van der Waals surface area contributed by atoms with Gasteiger partial charge in [-0.05, 0) is 62.9 Å². The summed E-state index contributed by atoms with van der Waals surface area (Å²) in [5, 5.41) is 15.8. The number of rotatable bonds is 7. The van der Waals surface area contributed by atoms with Crippen LogP contribution in [-0.4, -0.2) is 47.7 Å². The topological polar surface area (TPSA) is 105 Å². The highest BCUT2D eigenvalue weighted by molar-refractivity contribution is 5.82. The molecule has 0 atom stereocenters. The average molecular weight is 527 g/mol. The van der Waals surface area contributed by atoms with E-state index in [1.807, 2.05) is 36.7 Å². The van der Waals surface area contributed by atoms with Crippen molar-refractivity contribution in [3.8, 4) is 17.1 Å². The Bertz CT molecular complexity index is 1670. The van der Waals surface area contributed by atoms with Gasteiger partial charge < -0.3 is 14.8 Å². The SMILES string of the molecule is Cc1ccc(Nc2cc3ncn(-c4ccc(C5OCCO5)c(-c5cn(CC6CC6)nc5C)n4)c3cc2F)nn1. The summed E-state index contributed by atoms with van der Waals surface area (Å²) in [6.45, 7) is 5.80. The van der Waals surface area contributed by atoms with E-state index in [1.165, 1.54) is 18.9 Å². The molecule has 11 heteroatoms. The van der Waals surface area contributed by atoms with E-state index in [0.717, 1.165) is 34.8 Å². The van der Waals surface area contributed by atoms with Crippen LogP contribution in [0.15, 0.2) is 48.9 Å². The van der Waals surface area contributed by atoms with Crippen LogP contribution >= 0.6 is 0 Å². The van der Waals surface area contributed by atoms with E-state index in [1.54, 1.807) is 23.0 Å². The van der Waals surface area contributed by atoms with Crippen molar-refractivity contribution < 1.29 is 13.9 Å². The molecule has 1 aliphatic carbocycles. The normalized spacial score (nSPS) is 15.9.